The van der Waals surface area contributed by atoms with Gasteiger partial charge in [-0.2, -0.15) is 0 Å². The van der Waals surface area contributed by atoms with Gasteiger partial charge in [-0.3, -0.25) is 4.79 Å². The average molecular weight is 309 g/mol. The maximum atomic E-state index is 12.5. The van der Waals surface area contributed by atoms with Gasteiger partial charge in [0.25, 0.3) is 5.56 Å². The highest BCUT2D eigenvalue weighted by molar-refractivity contribution is 5.83. The Morgan fingerprint density at radius 1 is 1.26 bits per heavy atom. The zero-order chi connectivity index (χ0) is 15.8. The van der Waals surface area contributed by atoms with E-state index in [-0.39, 0.29) is 5.56 Å². The maximum Gasteiger partial charge on any atom is 0.259 e. The molecule has 0 spiro atoms. The maximum absolute atomic E-state index is 12.5. The van der Waals surface area contributed by atoms with E-state index in [4.69, 9.17) is 4.74 Å². The molecule has 4 rings (SSSR count). The molecule has 3 aromatic rings. The Morgan fingerprint density at radius 3 is 2.91 bits per heavy atom. The third-order valence-corrected chi connectivity index (χ3v) is 4.49. The van der Waals surface area contributed by atoms with Crippen molar-refractivity contribution in [2.24, 2.45) is 0 Å². The first-order valence-electron chi connectivity index (χ1n) is 7.97. The highest BCUT2D eigenvalue weighted by atomic mass is 16.5. The number of nitrogens with one attached hydrogen (secondary N) is 1. The number of hydrogen-bond acceptors (Lipinski definition) is 3. The number of pyridine rings is 1. The van der Waals surface area contributed by atoms with Crippen LogP contribution < -0.4 is 5.56 Å². The summed E-state index contributed by atoms with van der Waals surface area (Å²) < 4.78 is 7.56. The van der Waals surface area contributed by atoms with Gasteiger partial charge in [-0.25, -0.2) is 4.98 Å². The van der Waals surface area contributed by atoms with Crippen LogP contribution in [0.2, 0.25) is 0 Å². The van der Waals surface area contributed by atoms with E-state index in [0.717, 1.165) is 42.8 Å². The number of fused-ring (bicyclic) bond motifs is 1. The summed E-state index contributed by atoms with van der Waals surface area (Å²) in [6, 6.07) is 8.31. The van der Waals surface area contributed by atoms with Crippen LogP contribution in [0.5, 0.6) is 0 Å². The van der Waals surface area contributed by atoms with Crippen LogP contribution in [0.4, 0.5) is 0 Å². The summed E-state index contributed by atoms with van der Waals surface area (Å²) in [5, 5.41) is 1.03. The van der Waals surface area contributed by atoms with Crippen LogP contribution in [0.1, 0.15) is 24.4 Å². The third-order valence-electron chi connectivity index (χ3n) is 4.49. The predicted molar refractivity (Wildman–Crippen MR) is 89.6 cm³/mol. The summed E-state index contributed by atoms with van der Waals surface area (Å²) in [5.41, 5.74) is 2.55. The van der Waals surface area contributed by atoms with E-state index in [1.54, 1.807) is 6.20 Å². The predicted octanol–water partition coefficient (Wildman–Crippen LogP) is 3.05. The SMILES string of the molecule is Cc1ccc2[nH]c(=O)c(-c3nccn3C3CCOCC3)cc2c1. The summed E-state index contributed by atoms with van der Waals surface area (Å²) in [7, 11) is 0. The summed E-state index contributed by atoms with van der Waals surface area (Å²) >= 11 is 0. The molecule has 1 fully saturated rings. The number of rotatable bonds is 2. The molecule has 1 aliphatic rings. The molecule has 1 aliphatic heterocycles. The second-order valence-electron chi connectivity index (χ2n) is 6.10. The smallest absolute Gasteiger partial charge is 0.259 e. The van der Waals surface area contributed by atoms with Crippen LogP contribution in [0.15, 0.2) is 41.5 Å². The molecule has 0 amide bonds. The average Bonchev–Trinajstić information content (AvgIpc) is 3.05. The summed E-state index contributed by atoms with van der Waals surface area (Å²) in [6.45, 7) is 3.57. The molecule has 0 unspecified atom stereocenters. The van der Waals surface area contributed by atoms with Gasteiger partial charge in [0, 0.05) is 37.2 Å². The normalized spacial score (nSPS) is 16.0. The van der Waals surface area contributed by atoms with E-state index < -0.39 is 0 Å². The lowest BCUT2D eigenvalue weighted by atomic mass is 10.1. The van der Waals surface area contributed by atoms with Crippen LogP contribution >= 0.6 is 0 Å². The Balaban J connectivity index is 1.84. The highest BCUT2D eigenvalue weighted by Gasteiger charge is 2.20. The number of aromatic amines is 1. The standard InChI is InChI=1S/C18H19N3O2/c1-12-2-3-16-13(10-12)11-15(18(22)20-16)17-19-6-7-21(17)14-4-8-23-9-5-14/h2-3,6-7,10-11,14H,4-5,8-9H2,1H3,(H,20,22). The van der Waals surface area contributed by atoms with Crippen LogP contribution in [-0.2, 0) is 4.74 Å². The number of ether oxygens (including phenoxy) is 1. The number of H-pyrrole nitrogens is 1. The van der Waals surface area contributed by atoms with E-state index >= 15 is 0 Å². The minimum Gasteiger partial charge on any atom is -0.381 e. The van der Waals surface area contributed by atoms with Crippen molar-refractivity contribution >= 4 is 10.9 Å². The van der Waals surface area contributed by atoms with E-state index in [0.29, 0.717) is 11.6 Å². The molecule has 2 aromatic heterocycles. The topological polar surface area (TPSA) is 59.9 Å². The van der Waals surface area contributed by atoms with Crippen LogP contribution in [0, 0.1) is 6.92 Å². The number of imidazole rings is 1. The Hall–Kier alpha value is -2.40. The molecule has 5 nitrogen and oxygen atoms in total. The second-order valence-corrected chi connectivity index (χ2v) is 6.10. The van der Waals surface area contributed by atoms with E-state index in [1.807, 2.05) is 31.3 Å². The monoisotopic (exact) mass is 309 g/mol. The summed E-state index contributed by atoms with van der Waals surface area (Å²) in [5.74, 6) is 0.738. The number of aryl methyl sites for hydroxylation is 1. The first kappa shape index (κ1) is 14.2. The summed E-state index contributed by atoms with van der Waals surface area (Å²) in [4.78, 5) is 19.9. The lowest BCUT2D eigenvalue weighted by Gasteiger charge is -2.24. The lowest BCUT2D eigenvalue weighted by molar-refractivity contribution is 0.0700. The van der Waals surface area contributed by atoms with Crippen molar-refractivity contribution in [2.45, 2.75) is 25.8 Å². The van der Waals surface area contributed by atoms with Crippen molar-refractivity contribution in [3.05, 3.63) is 52.6 Å². The largest absolute Gasteiger partial charge is 0.381 e. The highest BCUT2D eigenvalue weighted by Crippen LogP contribution is 2.27. The van der Waals surface area contributed by atoms with Gasteiger partial charge in [0.2, 0.25) is 0 Å². The van der Waals surface area contributed by atoms with Crippen LogP contribution in [-0.4, -0.2) is 27.7 Å². The first-order valence-corrected chi connectivity index (χ1v) is 7.97. The van der Waals surface area contributed by atoms with E-state index in [2.05, 4.69) is 20.6 Å². The van der Waals surface area contributed by atoms with Gasteiger partial charge < -0.3 is 14.3 Å². The number of nitrogens with zero attached hydrogens (tertiary/aromatic N) is 2. The van der Waals surface area contributed by atoms with Crippen LogP contribution in [0.3, 0.4) is 0 Å². The fraction of sp³-hybridized carbons (Fsp3) is 0.333. The van der Waals surface area contributed by atoms with Crippen molar-refractivity contribution in [1.29, 1.82) is 0 Å². The zero-order valence-corrected chi connectivity index (χ0v) is 13.1. The molecule has 0 bridgehead atoms. The molecule has 0 radical (unpaired) electrons. The molecule has 118 valence electrons. The molecular formula is C18H19N3O2. The molecule has 0 saturated carbocycles. The molecule has 23 heavy (non-hydrogen) atoms. The zero-order valence-electron chi connectivity index (χ0n) is 13.1. The van der Waals surface area contributed by atoms with Gasteiger partial charge in [-0.05, 0) is 43.4 Å². The minimum atomic E-state index is -0.0964. The number of aromatic nitrogens is 3. The van der Waals surface area contributed by atoms with Crippen molar-refractivity contribution in [3.63, 3.8) is 0 Å². The summed E-state index contributed by atoms with van der Waals surface area (Å²) in [6.07, 6.45) is 5.64. The van der Waals surface area contributed by atoms with Crippen molar-refractivity contribution < 1.29 is 4.74 Å². The van der Waals surface area contributed by atoms with Gasteiger partial charge in [0.05, 0.1) is 5.56 Å². The van der Waals surface area contributed by atoms with Crippen molar-refractivity contribution in [2.75, 3.05) is 13.2 Å². The third kappa shape index (κ3) is 2.57. The first-order chi connectivity index (χ1) is 11.2. The molecule has 1 N–H and O–H groups in total. The Bertz CT molecular complexity index is 904. The number of hydrogen-bond donors (Lipinski definition) is 1. The van der Waals surface area contributed by atoms with Crippen molar-refractivity contribution in [3.8, 4) is 11.4 Å². The van der Waals surface area contributed by atoms with Gasteiger partial charge in [0.15, 0.2) is 0 Å². The quantitative estimate of drug-likeness (QED) is 0.791. The molecular weight excluding hydrogens is 290 g/mol. The van der Waals surface area contributed by atoms with Crippen LogP contribution in [0.25, 0.3) is 22.3 Å². The molecule has 1 aromatic carbocycles. The fourth-order valence-electron chi connectivity index (χ4n) is 3.27. The van der Waals surface area contributed by atoms with Gasteiger partial charge in [-0.15, -0.1) is 0 Å². The molecule has 0 atom stereocenters. The Morgan fingerprint density at radius 2 is 2.09 bits per heavy atom. The van der Waals surface area contributed by atoms with E-state index in [1.165, 1.54) is 5.56 Å². The van der Waals surface area contributed by atoms with Gasteiger partial charge >= 0.3 is 0 Å². The molecule has 5 heteroatoms. The van der Waals surface area contributed by atoms with Crippen molar-refractivity contribution in [1.82, 2.24) is 14.5 Å². The van der Waals surface area contributed by atoms with Gasteiger partial charge in [0.1, 0.15) is 5.82 Å². The van der Waals surface area contributed by atoms with E-state index in [9.17, 15) is 4.79 Å². The Kier molecular flexibility index (Phi) is 3.50. The van der Waals surface area contributed by atoms with Gasteiger partial charge in [-0.1, -0.05) is 11.6 Å². The Labute approximate surface area is 133 Å². The number of benzene rings is 1. The fourth-order valence-corrected chi connectivity index (χ4v) is 3.27. The minimum absolute atomic E-state index is 0.0964. The lowest BCUT2D eigenvalue weighted by Crippen LogP contribution is -2.21. The molecule has 3 heterocycles. The molecule has 0 aliphatic carbocycles. The second kappa shape index (κ2) is 5.66. The molecule has 1 saturated heterocycles.